The lowest BCUT2D eigenvalue weighted by atomic mass is 10.1. The van der Waals surface area contributed by atoms with E-state index in [1.54, 1.807) is 18.2 Å². The number of rotatable bonds is 7. The molecule has 0 aromatic heterocycles. The number of amides is 2. The van der Waals surface area contributed by atoms with Gasteiger partial charge < -0.3 is 10.6 Å². The highest BCUT2D eigenvalue weighted by Gasteiger charge is 2.12. The van der Waals surface area contributed by atoms with E-state index in [1.165, 1.54) is 18.3 Å². The molecule has 0 atom stereocenters. The van der Waals surface area contributed by atoms with Crippen LogP contribution in [0.3, 0.4) is 0 Å². The van der Waals surface area contributed by atoms with E-state index < -0.39 is 11.8 Å². The summed E-state index contributed by atoms with van der Waals surface area (Å²) < 4.78 is 13.9. The summed E-state index contributed by atoms with van der Waals surface area (Å²) in [5, 5.41) is 9.56. The van der Waals surface area contributed by atoms with Gasteiger partial charge in [0.1, 0.15) is 5.82 Å². The first-order valence-electron chi connectivity index (χ1n) is 8.78. The molecule has 0 unspecified atom stereocenters. The molecule has 0 spiro atoms. The maximum absolute atomic E-state index is 13.1. The van der Waals surface area contributed by atoms with E-state index >= 15 is 0 Å². The largest absolute Gasteiger partial charge is 0.355 e. The van der Waals surface area contributed by atoms with Crippen LogP contribution < -0.4 is 16.1 Å². The summed E-state index contributed by atoms with van der Waals surface area (Å²) in [4.78, 5) is 23.5. The van der Waals surface area contributed by atoms with Gasteiger partial charge in [-0.25, -0.2) is 9.82 Å². The van der Waals surface area contributed by atoms with Crippen LogP contribution in [-0.4, -0.2) is 24.6 Å². The van der Waals surface area contributed by atoms with Crippen molar-refractivity contribution in [1.82, 2.24) is 10.7 Å². The van der Waals surface area contributed by atoms with Crippen molar-refractivity contribution in [3.05, 3.63) is 58.3 Å². The third kappa shape index (κ3) is 7.11. The number of benzene rings is 2. The van der Waals surface area contributed by atoms with Gasteiger partial charge in [-0.1, -0.05) is 29.8 Å². The number of nitrogens with one attached hydrogen (secondary N) is 3. The van der Waals surface area contributed by atoms with Gasteiger partial charge in [0.25, 0.3) is 0 Å². The molecule has 8 heteroatoms. The lowest BCUT2D eigenvalue weighted by molar-refractivity contribution is -0.139. The molecule has 2 rings (SSSR count). The molecule has 0 saturated heterocycles. The SMILES string of the molecule is CC(C)CCNC(=O)C(=O)N/N=C\c1cc(Br)ccc1Nc1ccc(F)cc1. The van der Waals surface area contributed by atoms with Crippen molar-refractivity contribution in [2.24, 2.45) is 11.0 Å². The monoisotopic (exact) mass is 448 g/mol. The third-order valence-electron chi connectivity index (χ3n) is 3.72. The number of nitrogens with zero attached hydrogens (tertiary/aromatic N) is 1. The Hall–Kier alpha value is -2.74. The van der Waals surface area contributed by atoms with Crippen LogP contribution in [0.5, 0.6) is 0 Å². The van der Waals surface area contributed by atoms with Crippen LogP contribution in [-0.2, 0) is 9.59 Å². The summed E-state index contributed by atoms with van der Waals surface area (Å²) in [6.07, 6.45) is 2.22. The highest BCUT2D eigenvalue weighted by Crippen LogP contribution is 2.23. The fraction of sp³-hybridized carbons (Fsp3) is 0.250. The van der Waals surface area contributed by atoms with Crippen molar-refractivity contribution in [2.45, 2.75) is 20.3 Å². The van der Waals surface area contributed by atoms with Crippen LogP contribution in [0.1, 0.15) is 25.8 Å². The second-order valence-corrected chi connectivity index (χ2v) is 7.42. The molecule has 148 valence electrons. The molecular formula is C20H22BrFN4O2. The molecule has 0 aliphatic rings. The second-order valence-electron chi connectivity index (χ2n) is 6.50. The average molecular weight is 449 g/mol. The summed E-state index contributed by atoms with van der Waals surface area (Å²) >= 11 is 3.38. The fourth-order valence-corrected chi connectivity index (χ4v) is 2.59. The number of hydrogen-bond acceptors (Lipinski definition) is 4. The fourth-order valence-electron chi connectivity index (χ4n) is 2.21. The molecule has 0 radical (unpaired) electrons. The first-order chi connectivity index (χ1) is 13.3. The van der Waals surface area contributed by atoms with Crippen LogP contribution >= 0.6 is 15.9 Å². The van der Waals surface area contributed by atoms with Gasteiger partial charge in [0, 0.05) is 28.0 Å². The molecule has 6 nitrogen and oxygen atoms in total. The zero-order chi connectivity index (χ0) is 20.5. The molecular weight excluding hydrogens is 427 g/mol. The number of carbonyl (C=O) groups is 2. The molecule has 0 aliphatic heterocycles. The van der Waals surface area contributed by atoms with Gasteiger partial charge >= 0.3 is 11.8 Å². The summed E-state index contributed by atoms with van der Waals surface area (Å²) in [5.41, 5.74) is 4.28. The summed E-state index contributed by atoms with van der Waals surface area (Å²) in [6, 6.07) is 11.4. The van der Waals surface area contributed by atoms with Gasteiger partial charge in [-0.15, -0.1) is 0 Å². The van der Waals surface area contributed by atoms with Crippen molar-refractivity contribution in [3.63, 3.8) is 0 Å². The van der Waals surface area contributed by atoms with Crippen LogP contribution in [0, 0.1) is 11.7 Å². The number of hydrazone groups is 1. The van der Waals surface area contributed by atoms with E-state index in [-0.39, 0.29) is 5.82 Å². The molecule has 2 amide bonds. The van der Waals surface area contributed by atoms with Crippen molar-refractivity contribution in [2.75, 3.05) is 11.9 Å². The summed E-state index contributed by atoms with van der Waals surface area (Å²) in [7, 11) is 0. The number of hydrogen-bond donors (Lipinski definition) is 3. The Kier molecular flexibility index (Phi) is 8.13. The van der Waals surface area contributed by atoms with Crippen LogP contribution in [0.25, 0.3) is 0 Å². The van der Waals surface area contributed by atoms with E-state index in [1.807, 2.05) is 26.0 Å². The standard InChI is InChI=1S/C20H22BrFN4O2/c1-13(2)9-10-23-19(27)20(28)26-24-12-14-11-15(21)3-8-18(14)25-17-6-4-16(22)5-7-17/h3-8,11-13,25H,9-10H2,1-2H3,(H,23,27)(H,26,28)/b24-12-. The van der Waals surface area contributed by atoms with Crippen molar-refractivity contribution >= 4 is 45.3 Å². The Morgan fingerprint density at radius 1 is 1.14 bits per heavy atom. The minimum atomic E-state index is -0.831. The van der Waals surface area contributed by atoms with Crippen LogP contribution in [0.4, 0.5) is 15.8 Å². The average Bonchev–Trinajstić information content (AvgIpc) is 2.65. The lowest BCUT2D eigenvalue weighted by Crippen LogP contribution is -2.38. The van der Waals surface area contributed by atoms with E-state index in [4.69, 9.17) is 0 Å². The molecule has 3 N–H and O–H groups in total. The van der Waals surface area contributed by atoms with E-state index in [0.717, 1.165) is 10.9 Å². The van der Waals surface area contributed by atoms with Crippen LogP contribution in [0.2, 0.25) is 0 Å². The topological polar surface area (TPSA) is 82.6 Å². The van der Waals surface area contributed by atoms with Gasteiger partial charge in [0.15, 0.2) is 0 Å². The van der Waals surface area contributed by atoms with Gasteiger partial charge in [-0.05, 0) is 54.8 Å². The predicted molar refractivity (Wildman–Crippen MR) is 112 cm³/mol. The first-order valence-corrected chi connectivity index (χ1v) is 9.58. The summed E-state index contributed by atoms with van der Waals surface area (Å²) in [5.74, 6) is -1.44. The number of halogens is 2. The van der Waals surface area contributed by atoms with Gasteiger partial charge in [-0.2, -0.15) is 5.10 Å². The van der Waals surface area contributed by atoms with Crippen LogP contribution in [0.15, 0.2) is 52.0 Å². The lowest BCUT2D eigenvalue weighted by Gasteiger charge is -2.10. The van der Waals surface area contributed by atoms with E-state index in [0.29, 0.717) is 29.4 Å². The zero-order valence-electron chi connectivity index (χ0n) is 15.6. The molecule has 0 saturated carbocycles. The number of carbonyl (C=O) groups excluding carboxylic acids is 2. The first kappa shape index (κ1) is 21.6. The van der Waals surface area contributed by atoms with Gasteiger partial charge in [0.2, 0.25) is 0 Å². The Balaban J connectivity index is 2.00. The normalized spacial score (nSPS) is 10.9. The third-order valence-corrected chi connectivity index (χ3v) is 4.21. The van der Waals surface area contributed by atoms with E-state index in [9.17, 15) is 14.0 Å². The number of anilines is 2. The van der Waals surface area contributed by atoms with Crippen molar-refractivity contribution in [3.8, 4) is 0 Å². The highest BCUT2D eigenvalue weighted by molar-refractivity contribution is 9.10. The Morgan fingerprint density at radius 2 is 1.86 bits per heavy atom. The Morgan fingerprint density at radius 3 is 2.54 bits per heavy atom. The van der Waals surface area contributed by atoms with Crippen molar-refractivity contribution in [1.29, 1.82) is 0 Å². The second kappa shape index (κ2) is 10.6. The van der Waals surface area contributed by atoms with E-state index in [2.05, 4.69) is 37.1 Å². The zero-order valence-corrected chi connectivity index (χ0v) is 17.2. The van der Waals surface area contributed by atoms with Crippen molar-refractivity contribution < 1.29 is 14.0 Å². The maximum Gasteiger partial charge on any atom is 0.329 e. The van der Waals surface area contributed by atoms with Gasteiger partial charge in [0.05, 0.1) is 6.21 Å². The molecule has 0 heterocycles. The quantitative estimate of drug-likeness (QED) is 0.340. The summed E-state index contributed by atoms with van der Waals surface area (Å²) in [6.45, 7) is 4.50. The highest BCUT2D eigenvalue weighted by atomic mass is 79.9. The minimum absolute atomic E-state index is 0.322. The Bertz CT molecular complexity index is 854. The molecule has 0 bridgehead atoms. The predicted octanol–water partition coefficient (Wildman–Crippen LogP) is 3.94. The molecule has 2 aromatic rings. The minimum Gasteiger partial charge on any atom is -0.355 e. The Labute approximate surface area is 171 Å². The molecule has 0 fully saturated rings. The molecule has 0 aliphatic carbocycles. The van der Waals surface area contributed by atoms with Gasteiger partial charge in [-0.3, -0.25) is 9.59 Å². The maximum atomic E-state index is 13.1. The smallest absolute Gasteiger partial charge is 0.329 e. The molecule has 2 aromatic carbocycles. The molecule has 28 heavy (non-hydrogen) atoms.